The van der Waals surface area contributed by atoms with E-state index in [1.807, 2.05) is 82.4 Å². The minimum Gasteiger partial charge on any atom is -0.305 e. The molecule has 0 aliphatic heterocycles. The van der Waals surface area contributed by atoms with Crippen molar-refractivity contribution in [1.82, 2.24) is 9.97 Å². The fourth-order valence-corrected chi connectivity index (χ4v) is 9.49. The molecule has 0 atom stereocenters. The van der Waals surface area contributed by atoms with E-state index < -0.39 is 19.9 Å². The SMILES string of the molecule is [2H]C(C)(C)c1cc(-c2[c-]ccc(-c3ccccc3)c2)ncc1[Si](C)(C)C.[2H]C(C)(C)c1ccnc(-c2[c-]ccc3c2sc2cc(-c4ccccc4)ccc23)c1.[Ir]. The molecule has 273 valence electrons. The van der Waals surface area contributed by atoms with Crippen molar-refractivity contribution in [2.45, 2.75) is 59.1 Å². The van der Waals surface area contributed by atoms with Gasteiger partial charge in [-0.25, -0.2) is 0 Å². The standard InChI is InChI=1S/C26H20NS.C23H26NSi.Ir/c1-17(2)19-13-14-27-24(15-19)23-10-6-9-22-21-12-11-20(16-25(21)28-26(22)23)18-7-4-3-5-8-18;1-17(2)21-15-22(24-16-23(21)25(3,4)5)20-13-9-12-19(14-20)18-10-7-6-8-11-18;/h3-9,11-17H,1-2H3;6-12,14-17H,1-5H3;/q2*-1;/i2*17D;. The molecule has 1 radical (unpaired) electrons. The van der Waals surface area contributed by atoms with Gasteiger partial charge in [0.05, 0.1) is 8.07 Å². The van der Waals surface area contributed by atoms with Gasteiger partial charge in [0.25, 0.3) is 0 Å². The number of aromatic nitrogens is 2. The van der Waals surface area contributed by atoms with Crippen LogP contribution in [0.2, 0.25) is 19.6 Å². The van der Waals surface area contributed by atoms with E-state index in [1.165, 1.54) is 42.0 Å². The Morgan fingerprint density at radius 3 is 1.94 bits per heavy atom. The van der Waals surface area contributed by atoms with E-state index >= 15 is 0 Å². The third-order valence-electron chi connectivity index (χ3n) is 9.57. The first kappa shape index (κ1) is 36.5. The fourth-order valence-electron chi connectivity index (χ4n) is 6.66. The fraction of sp³-hybridized carbons (Fsp3) is 0.184. The van der Waals surface area contributed by atoms with E-state index in [-0.39, 0.29) is 20.1 Å². The Labute approximate surface area is 342 Å². The number of benzene rings is 5. The smallest absolute Gasteiger partial charge is 0.0799 e. The molecule has 0 N–H and O–H groups in total. The van der Waals surface area contributed by atoms with Gasteiger partial charge in [0.1, 0.15) is 0 Å². The molecule has 0 unspecified atom stereocenters. The molecule has 0 spiro atoms. The van der Waals surface area contributed by atoms with Gasteiger partial charge in [0.15, 0.2) is 0 Å². The van der Waals surface area contributed by atoms with Crippen LogP contribution in [0.5, 0.6) is 0 Å². The second-order valence-corrected chi connectivity index (χ2v) is 21.0. The number of nitrogens with zero attached hydrogens (tertiary/aromatic N) is 2. The zero-order valence-electron chi connectivity index (χ0n) is 33.9. The molecule has 0 amide bonds. The molecule has 5 heteroatoms. The monoisotopic (exact) mass is 917 g/mol. The molecule has 0 saturated heterocycles. The van der Waals surface area contributed by atoms with Gasteiger partial charge in [-0.05, 0) is 67.3 Å². The predicted molar refractivity (Wildman–Crippen MR) is 232 cm³/mol. The summed E-state index contributed by atoms with van der Waals surface area (Å²) in [6, 6.07) is 50.6. The Bertz CT molecular complexity index is 2600. The Morgan fingerprint density at radius 2 is 1.30 bits per heavy atom. The van der Waals surface area contributed by atoms with Gasteiger partial charge < -0.3 is 9.97 Å². The van der Waals surface area contributed by atoms with E-state index in [1.54, 1.807) is 17.5 Å². The third-order valence-corrected chi connectivity index (χ3v) is 12.8. The summed E-state index contributed by atoms with van der Waals surface area (Å²) in [5, 5.41) is 3.76. The van der Waals surface area contributed by atoms with Crippen molar-refractivity contribution >= 4 is 44.8 Å². The van der Waals surface area contributed by atoms with E-state index in [9.17, 15) is 0 Å². The molecular formula is C49H46IrN2SSi-2. The maximum atomic E-state index is 8.61. The summed E-state index contributed by atoms with van der Waals surface area (Å²) in [5.74, 6) is -1.30. The van der Waals surface area contributed by atoms with Crippen molar-refractivity contribution in [3.05, 3.63) is 163 Å². The zero-order valence-corrected chi connectivity index (χ0v) is 36.1. The van der Waals surface area contributed by atoms with Crippen LogP contribution >= 0.6 is 11.3 Å². The molecule has 3 aromatic heterocycles. The first-order valence-corrected chi connectivity index (χ1v) is 22.5. The number of fused-ring (bicyclic) bond motifs is 3. The Morgan fingerprint density at radius 1 is 0.630 bits per heavy atom. The Hall–Kier alpha value is -4.51. The average molecular weight is 917 g/mol. The summed E-state index contributed by atoms with van der Waals surface area (Å²) in [5.41, 5.74) is 10.6. The molecule has 3 heterocycles. The van der Waals surface area contributed by atoms with Crippen LogP contribution in [0.25, 0.3) is 64.9 Å². The van der Waals surface area contributed by atoms with Gasteiger partial charge in [-0.3, -0.25) is 0 Å². The quantitative estimate of drug-likeness (QED) is 0.118. The summed E-state index contributed by atoms with van der Waals surface area (Å²) in [6.45, 7) is 14.6. The summed E-state index contributed by atoms with van der Waals surface area (Å²) >= 11 is 1.79. The minimum atomic E-state index is -1.57. The van der Waals surface area contributed by atoms with Crippen molar-refractivity contribution in [3.8, 4) is 44.8 Å². The number of hydrogen-bond donors (Lipinski definition) is 0. The molecule has 54 heavy (non-hydrogen) atoms. The third kappa shape index (κ3) is 8.56. The van der Waals surface area contributed by atoms with Crippen molar-refractivity contribution in [2.75, 3.05) is 0 Å². The topological polar surface area (TPSA) is 25.8 Å². The maximum Gasteiger partial charge on any atom is 0.0799 e. The van der Waals surface area contributed by atoms with Crippen LogP contribution in [0.3, 0.4) is 0 Å². The van der Waals surface area contributed by atoms with Crippen LogP contribution < -0.4 is 5.19 Å². The molecular weight excluding hydrogens is 869 g/mol. The van der Waals surface area contributed by atoms with Crippen LogP contribution in [0.1, 0.15) is 53.4 Å². The van der Waals surface area contributed by atoms with E-state index in [0.717, 1.165) is 39.2 Å². The summed E-state index contributed by atoms with van der Waals surface area (Å²) in [4.78, 5) is 9.35. The molecule has 0 bridgehead atoms. The number of hydrogen-bond acceptors (Lipinski definition) is 3. The van der Waals surface area contributed by atoms with E-state index in [4.69, 9.17) is 7.73 Å². The van der Waals surface area contributed by atoms with Crippen LogP contribution in [0.15, 0.2) is 140 Å². The summed E-state index contributed by atoms with van der Waals surface area (Å²) in [6.07, 6.45) is 3.80. The van der Waals surface area contributed by atoms with E-state index in [0.29, 0.717) is 0 Å². The number of pyridine rings is 2. The second kappa shape index (κ2) is 16.9. The van der Waals surface area contributed by atoms with Gasteiger partial charge in [0.2, 0.25) is 0 Å². The second-order valence-electron chi connectivity index (χ2n) is 14.9. The van der Waals surface area contributed by atoms with Crippen LogP contribution in [-0.2, 0) is 20.1 Å². The van der Waals surface area contributed by atoms with Gasteiger partial charge in [-0.1, -0.05) is 149 Å². The minimum absolute atomic E-state index is 0. The number of rotatable bonds is 7. The molecule has 0 fully saturated rings. The average Bonchev–Trinajstić information content (AvgIpc) is 3.56. The molecule has 2 nitrogen and oxygen atoms in total. The van der Waals surface area contributed by atoms with E-state index in [2.05, 4.69) is 116 Å². The molecule has 0 aliphatic rings. The number of thiophene rings is 1. The molecule has 8 rings (SSSR count). The largest absolute Gasteiger partial charge is 0.305 e. The van der Waals surface area contributed by atoms with Crippen LogP contribution in [0, 0.1) is 12.1 Å². The molecule has 0 saturated carbocycles. The van der Waals surface area contributed by atoms with Crippen LogP contribution in [0.4, 0.5) is 0 Å². The van der Waals surface area contributed by atoms with Crippen LogP contribution in [-0.4, -0.2) is 18.0 Å². The zero-order chi connectivity index (χ0) is 39.0. The molecule has 5 aromatic carbocycles. The van der Waals surface area contributed by atoms with Gasteiger partial charge in [-0.15, -0.1) is 59.2 Å². The predicted octanol–water partition coefficient (Wildman–Crippen LogP) is 13.6. The van der Waals surface area contributed by atoms with Gasteiger partial charge in [-0.2, -0.15) is 11.3 Å². The molecule has 8 aromatic rings. The first-order valence-electron chi connectivity index (χ1n) is 19.1. The van der Waals surface area contributed by atoms with Crippen molar-refractivity contribution < 1.29 is 22.8 Å². The first-order chi connectivity index (χ1) is 26.2. The summed E-state index contributed by atoms with van der Waals surface area (Å²) in [7, 11) is -1.57. The van der Waals surface area contributed by atoms with Crippen molar-refractivity contribution in [2.24, 2.45) is 0 Å². The maximum absolute atomic E-state index is 8.61. The molecule has 0 aliphatic carbocycles. The van der Waals surface area contributed by atoms with Gasteiger partial charge in [0, 0.05) is 39.9 Å². The summed E-state index contributed by atoms with van der Waals surface area (Å²) < 4.78 is 19.4. The van der Waals surface area contributed by atoms with Gasteiger partial charge >= 0.3 is 0 Å². The van der Waals surface area contributed by atoms with Crippen molar-refractivity contribution in [3.63, 3.8) is 0 Å². The Balaban J connectivity index is 0.000000188. The van der Waals surface area contributed by atoms with Crippen molar-refractivity contribution in [1.29, 1.82) is 0 Å². The Kier molecular flexibility index (Phi) is 11.4. The normalized spacial score (nSPS) is 12.4.